The number of alkyl carbamates (subject to hydrolysis) is 3. The number of guanidine groups is 1. The number of hydrogen-bond donors (Lipinski definition) is 8. The molecular formula is C68H81N9O13. The lowest BCUT2D eigenvalue weighted by atomic mass is 9.95. The maximum Gasteiger partial charge on any atom is 0.437 e. The van der Waals surface area contributed by atoms with Crippen LogP contribution >= 0.6 is 0 Å². The highest BCUT2D eigenvalue weighted by atomic mass is 16.6. The number of ether oxygens (including phenoxy) is 5. The maximum absolute atomic E-state index is 15.0. The molecule has 22 heteroatoms. The van der Waals surface area contributed by atoms with Crippen molar-refractivity contribution in [1.29, 1.82) is 0 Å². The van der Waals surface area contributed by atoms with E-state index in [0.29, 0.717) is 47.5 Å². The minimum absolute atomic E-state index is 0.0328. The number of rotatable bonds is 33. The number of unbranched alkanes of at least 4 members (excludes halogenated alkanes) is 2. The summed E-state index contributed by atoms with van der Waals surface area (Å²) in [5, 5.41) is 19.1. The Bertz CT molecular complexity index is 3250. The van der Waals surface area contributed by atoms with E-state index in [4.69, 9.17) is 29.4 Å². The minimum atomic E-state index is -1.44. The largest absolute Gasteiger partial charge is 0.494 e. The van der Waals surface area contributed by atoms with E-state index < -0.39 is 72.2 Å². The summed E-state index contributed by atoms with van der Waals surface area (Å²) in [5.74, 6) is -2.91. The fourth-order valence-electron chi connectivity index (χ4n) is 9.21. The van der Waals surface area contributed by atoms with E-state index >= 15 is 0 Å². The lowest BCUT2D eigenvalue weighted by Gasteiger charge is -2.27. The fourth-order valence-corrected chi connectivity index (χ4v) is 9.21. The second-order valence-electron chi connectivity index (χ2n) is 21.2. The summed E-state index contributed by atoms with van der Waals surface area (Å²) in [5.41, 5.74) is 11.7. The highest BCUT2D eigenvalue weighted by molar-refractivity contribution is 5.99. The van der Waals surface area contributed by atoms with Crippen molar-refractivity contribution in [2.75, 3.05) is 19.7 Å². The molecule has 0 aromatic heterocycles. The zero-order valence-corrected chi connectivity index (χ0v) is 51.0. The molecular weight excluding hydrogens is 1150 g/mol. The standard InChI is InChI=1S/C68H81N9O13/c1-4-5-38-86-54-39-47(2)55(48(3)40-54)42-59(75-66(83)88-44-51-28-15-8-16-29-51)63(81)73-57(35-23-37-70-64(76-67(84)89-45-52-30-17-9-18-31-52)77-68(85)90-46-53-32-19-10-20-33-53)61(79)74-58(41-49-24-11-6-12-25-49)62(80)72-56(60(69)78)34-21-22-36-71-65(82)87-43-50-26-13-7-14-27-50/h6-20,24-33,39-40,56-59H,4-5,21-23,34-38,41-46H2,1-3H3,(H2,69,78)(H,71,82)(H,72,80)(H,73,81)(H,74,79)(H,75,83)(H2,70,76,77,84,85)/t56-,57+,58-,59-/m0/s1. The van der Waals surface area contributed by atoms with Crippen LogP contribution in [0.25, 0.3) is 0 Å². The number of amides is 8. The molecule has 0 saturated heterocycles. The van der Waals surface area contributed by atoms with Crippen LogP contribution in [-0.2, 0) is 77.4 Å². The van der Waals surface area contributed by atoms with Crippen LogP contribution in [0.3, 0.4) is 0 Å². The number of primary amides is 1. The minimum Gasteiger partial charge on any atom is -0.494 e. The summed E-state index contributed by atoms with van der Waals surface area (Å²) >= 11 is 0. The van der Waals surface area contributed by atoms with Gasteiger partial charge in [-0.3, -0.25) is 24.5 Å². The molecule has 0 aliphatic carbocycles. The molecule has 6 rings (SSSR count). The van der Waals surface area contributed by atoms with Crippen LogP contribution in [-0.4, -0.2) is 97.8 Å². The van der Waals surface area contributed by atoms with Crippen LogP contribution < -0.4 is 47.7 Å². The van der Waals surface area contributed by atoms with E-state index in [9.17, 15) is 38.4 Å². The Hall–Kier alpha value is -10.3. The number of aliphatic imine (C=N–C) groups is 1. The first-order chi connectivity index (χ1) is 43.6. The molecule has 0 unspecified atom stereocenters. The molecule has 4 atom stereocenters. The van der Waals surface area contributed by atoms with Crippen LogP contribution in [0.1, 0.15) is 96.4 Å². The molecule has 9 N–H and O–H groups in total. The van der Waals surface area contributed by atoms with Crippen molar-refractivity contribution < 1.29 is 62.0 Å². The molecule has 0 bridgehead atoms. The molecule has 6 aromatic carbocycles. The Kier molecular flexibility index (Phi) is 29.2. The molecule has 0 spiro atoms. The molecule has 22 nitrogen and oxygen atoms in total. The van der Waals surface area contributed by atoms with E-state index in [-0.39, 0.29) is 77.6 Å². The summed E-state index contributed by atoms with van der Waals surface area (Å²) in [6, 6.07) is 43.1. The molecule has 0 radical (unpaired) electrons. The lowest BCUT2D eigenvalue weighted by Crippen LogP contribution is -2.59. The van der Waals surface area contributed by atoms with Gasteiger partial charge in [0.05, 0.1) is 6.61 Å². The third-order valence-electron chi connectivity index (χ3n) is 14.1. The number of aryl methyl sites for hydroxylation is 2. The van der Waals surface area contributed by atoms with Crippen LogP contribution in [0.2, 0.25) is 0 Å². The van der Waals surface area contributed by atoms with Gasteiger partial charge in [0.15, 0.2) is 0 Å². The average Bonchev–Trinajstić information content (AvgIpc) is 1.70. The number of nitrogens with one attached hydrogen (secondary N) is 7. The first-order valence-corrected chi connectivity index (χ1v) is 30.0. The van der Waals surface area contributed by atoms with Gasteiger partial charge >= 0.3 is 24.4 Å². The Balaban J connectivity index is 1.24. The lowest BCUT2D eigenvalue weighted by molar-refractivity contribution is -0.133. The summed E-state index contributed by atoms with van der Waals surface area (Å²) in [4.78, 5) is 114. The molecule has 6 aromatic rings. The number of benzene rings is 6. The average molecular weight is 1230 g/mol. The second kappa shape index (κ2) is 38.1. The predicted molar refractivity (Wildman–Crippen MR) is 338 cm³/mol. The van der Waals surface area contributed by atoms with Crippen molar-refractivity contribution in [3.63, 3.8) is 0 Å². The van der Waals surface area contributed by atoms with Gasteiger partial charge in [0.25, 0.3) is 0 Å². The Labute approximate surface area is 524 Å². The van der Waals surface area contributed by atoms with Crippen LogP contribution in [0.15, 0.2) is 169 Å². The third-order valence-corrected chi connectivity index (χ3v) is 14.1. The monoisotopic (exact) mass is 1230 g/mol. The SMILES string of the molecule is CCCCOc1cc(C)c(C[C@H](NC(=O)OCc2ccccc2)C(=O)N[C@H](CCCN/C(=N\C(=O)OCc2ccccc2)NC(=O)OCc2ccccc2)C(=O)N[C@@H](Cc2ccccc2)C(=O)N[C@@H](CCCCNC(=O)OCc2ccccc2)C(N)=O)c(C)c1. The van der Waals surface area contributed by atoms with Crippen molar-refractivity contribution in [2.45, 2.75) is 129 Å². The van der Waals surface area contributed by atoms with Gasteiger partial charge in [-0.1, -0.05) is 165 Å². The summed E-state index contributed by atoms with van der Waals surface area (Å²) < 4.78 is 27.7. The topological polar surface area (TPSA) is 305 Å². The zero-order chi connectivity index (χ0) is 64.3. The molecule has 0 aliphatic heterocycles. The van der Waals surface area contributed by atoms with E-state index in [1.165, 1.54) is 0 Å². The molecule has 0 saturated carbocycles. The molecule has 0 fully saturated rings. The second-order valence-corrected chi connectivity index (χ2v) is 21.2. The zero-order valence-electron chi connectivity index (χ0n) is 51.0. The highest BCUT2D eigenvalue weighted by Crippen LogP contribution is 2.24. The highest BCUT2D eigenvalue weighted by Gasteiger charge is 2.32. The Morgan fingerprint density at radius 2 is 0.889 bits per heavy atom. The van der Waals surface area contributed by atoms with Crippen molar-refractivity contribution in [1.82, 2.24) is 37.2 Å². The van der Waals surface area contributed by atoms with Gasteiger partial charge in [-0.15, -0.1) is 4.99 Å². The summed E-state index contributed by atoms with van der Waals surface area (Å²) in [7, 11) is 0. The molecule has 90 heavy (non-hydrogen) atoms. The Morgan fingerprint density at radius 3 is 1.41 bits per heavy atom. The van der Waals surface area contributed by atoms with Gasteiger partial charge < -0.3 is 61.3 Å². The molecule has 0 aliphatic rings. The van der Waals surface area contributed by atoms with Crippen molar-refractivity contribution in [3.8, 4) is 5.75 Å². The first-order valence-electron chi connectivity index (χ1n) is 30.0. The van der Waals surface area contributed by atoms with E-state index in [2.05, 4.69) is 49.1 Å². The normalized spacial score (nSPS) is 12.3. The number of hydrogen-bond acceptors (Lipinski definition) is 13. The van der Waals surface area contributed by atoms with E-state index in [0.717, 1.165) is 35.1 Å². The van der Waals surface area contributed by atoms with Crippen molar-refractivity contribution in [2.24, 2.45) is 10.7 Å². The van der Waals surface area contributed by atoms with Crippen LogP contribution in [0, 0.1) is 13.8 Å². The maximum atomic E-state index is 15.0. The molecule has 0 heterocycles. The van der Waals surface area contributed by atoms with Gasteiger partial charge in [-0.05, 0) is 109 Å². The molecule has 8 amide bonds. The number of nitrogens with zero attached hydrogens (tertiary/aromatic N) is 1. The van der Waals surface area contributed by atoms with Crippen molar-refractivity contribution in [3.05, 3.63) is 208 Å². The van der Waals surface area contributed by atoms with Crippen LogP contribution in [0.4, 0.5) is 19.2 Å². The third kappa shape index (κ3) is 25.6. The smallest absolute Gasteiger partial charge is 0.437 e. The van der Waals surface area contributed by atoms with E-state index in [1.54, 1.807) is 103 Å². The van der Waals surface area contributed by atoms with Gasteiger partial charge in [0.1, 0.15) is 56.3 Å². The number of nitrogens with two attached hydrogens (primary N) is 1. The Morgan fingerprint density at radius 1 is 0.456 bits per heavy atom. The number of carbonyl (C=O) groups excluding carboxylic acids is 8. The van der Waals surface area contributed by atoms with Gasteiger partial charge in [0, 0.05) is 25.9 Å². The number of carbonyl (C=O) groups is 8. The van der Waals surface area contributed by atoms with Crippen molar-refractivity contribution >= 4 is 54.0 Å². The summed E-state index contributed by atoms with van der Waals surface area (Å²) in [6.45, 7) is 6.18. The van der Waals surface area contributed by atoms with E-state index in [1.807, 2.05) is 74.5 Å². The van der Waals surface area contributed by atoms with Gasteiger partial charge in [-0.25, -0.2) is 19.2 Å². The molecule has 476 valence electrons. The van der Waals surface area contributed by atoms with Crippen LogP contribution in [0.5, 0.6) is 5.75 Å². The fraction of sp³-hybridized carbons (Fsp3) is 0.338. The van der Waals surface area contributed by atoms with Gasteiger partial charge in [0.2, 0.25) is 29.6 Å². The predicted octanol–water partition coefficient (Wildman–Crippen LogP) is 8.59. The first kappa shape index (κ1) is 68.9. The summed E-state index contributed by atoms with van der Waals surface area (Å²) in [6.07, 6.45) is -1.15. The quantitative estimate of drug-likeness (QED) is 0.00828. The van der Waals surface area contributed by atoms with Gasteiger partial charge in [-0.2, -0.15) is 0 Å².